The van der Waals surface area contributed by atoms with Gasteiger partial charge in [-0.15, -0.1) is 0 Å². The number of anilines is 1. The lowest BCUT2D eigenvalue weighted by atomic mass is 10.1. The number of sulfonamides is 1. The van der Waals surface area contributed by atoms with E-state index in [0.717, 1.165) is 23.3 Å². The van der Waals surface area contributed by atoms with Gasteiger partial charge in [0, 0.05) is 11.3 Å². The average molecular weight is 402 g/mol. The zero-order valence-corrected chi connectivity index (χ0v) is 16.4. The van der Waals surface area contributed by atoms with Crippen LogP contribution >= 0.6 is 0 Å². The van der Waals surface area contributed by atoms with E-state index in [1.54, 1.807) is 6.07 Å². The Bertz CT molecular complexity index is 1110. The van der Waals surface area contributed by atoms with Gasteiger partial charge in [-0.3, -0.25) is 9.59 Å². The summed E-state index contributed by atoms with van der Waals surface area (Å²) in [4.78, 5) is 24.7. The molecule has 0 aliphatic carbocycles. The first-order chi connectivity index (χ1) is 13.1. The zero-order valence-electron chi connectivity index (χ0n) is 15.6. The monoisotopic (exact) mass is 402 g/mol. The van der Waals surface area contributed by atoms with Gasteiger partial charge in [0.15, 0.2) is 0 Å². The second-order valence-corrected chi connectivity index (χ2v) is 8.44. The second-order valence-electron chi connectivity index (χ2n) is 6.64. The van der Waals surface area contributed by atoms with Crippen LogP contribution in [0.15, 0.2) is 48.0 Å². The molecular weight excluding hydrogens is 383 g/mol. The number of nitrogens with one attached hydrogen (secondary N) is 1. The number of aryl methyl sites for hydroxylation is 2. The van der Waals surface area contributed by atoms with Crippen molar-refractivity contribution in [3.63, 3.8) is 0 Å². The molecule has 1 aliphatic heterocycles. The number of halogens is 1. The van der Waals surface area contributed by atoms with Crippen LogP contribution in [-0.4, -0.2) is 31.1 Å². The fraction of sp³-hybridized carbons (Fsp3) is 0.200. The number of rotatable bonds is 4. The van der Waals surface area contributed by atoms with Crippen LogP contribution in [0.5, 0.6) is 0 Å². The van der Waals surface area contributed by atoms with Crippen molar-refractivity contribution < 1.29 is 22.4 Å². The average Bonchev–Trinajstić information content (AvgIpc) is 2.79. The van der Waals surface area contributed by atoms with Gasteiger partial charge >= 0.3 is 0 Å². The predicted octanol–water partition coefficient (Wildman–Crippen LogP) is 2.98. The minimum Gasteiger partial charge on any atom is -0.324 e. The second kappa shape index (κ2) is 7.20. The first-order valence-corrected chi connectivity index (χ1v) is 9.96. The number of hydrogen-bond donors (Lipinski definition) is 1. The maximum absolute atomic E-state index is 13.2. The molecule has 0 saturated heterocycles. The Labute approximate surface area is 162 Å². The Balaban J connectivity index is 1.86. The van der Waals surface area contributed by atoms with Gasteiger partial charge in [-0.25, -0.2) is 17.1 Å². The maximum atomic E-state index is 13.2. The molecular formula is C20H19FN2O4S. The highest BCUT2D eigenvalue weighted by molar-refractivity contribution is 7.99. The summed E-state index contributed by atoms with van der Waals surface area (Å²) in [7, 11) is -4.22. The predicted molar refractivity (Wildman–Crippen MR) is 104 cm³/mol. The Morgan fingerprint density at radius 1 is 1.07 bits per heavy atom. The normalized spacial score (nSPS) is 15.9. The Hall–Kier alpha value is -3.00. The van der Waals surface area contributed by atoms with E-state index in [2.05, 4.69) is 5.32 Å². The summed E-state index contributed by atoms with van der Waals surface area (Å²) in [5.74, 6) is -1.91. The first kappa shape index (κ1) is 19.8. The van der Waals surface area contributed by atoms with Gasteiger partial charge in [0.05, 0.1) is 0 Å². The maximum Gasteiger partial charge on any atom is 0.268 e. The molecule has 0 spiro atoms. The molecule has 0 radical (unpaired) electrons. The van der Waals surface area contributed by atoms with E-state index in [-0.39, 0.29) is 16.0 Å². The van der Waals surface area contributed by atoms with Gasteiger partial charge in [0.25, 0.3) is 15.9 Å². The quantitative estimate of drug-likeness (QED) is 0.852. The fourth-order valence-electron chi connectivity index (χ4n) is 3.01. The van der Waals surface area contributed by atoms with Crippen LogP contribution in [0.3, 0.4) is 0 Å². The lowest BCUT2D eigenvalue weighted by Crippen LogP contribution is -2.38. The van der Waals surface area contributed by atoms with Crippen LogP contribution in [0.1, 0.15) is 23.6 Å². The van der Waals surface area contributed by atoms with Crippen LogP contribution in [0, 0.1) is 19.7 Å². The van der Waals surface area contributed by atoms with Gasteiger partial charge in [-0.2, -0.15) is 0 Å². The van der Waals surface area contributed by atoms with Gasteiger partial charge in [0.2, 0.25) is 5.91 Å². The lowest BCUT2D eigenvalue weighted by Gasteiger charge is -2.17. The van der Waals surface area contributed by atoms with Crippen LogP contribution in [0.2, 0.25) is 0 Å². The summed E-state index contributed by atoms with van der Waals surface area (Å²) in [6.07, 6.45) is 0. The molecule has 0 saturated carbocycles. The summed E-state index contributed by atoms with van der Waals surface area (Å²) in [6.45, 7) is 4.41. The van der Waals surface area contributed by atoms with Gasteiger partial charge < -0.3 is 5.32 Å². The number of hydrogen-bond acceptors (Lipinski definition) is 4. The van der Waals surface area contributed by atoms with E-state index in [4.69, 9.17) is 0 Å². The lowest BCUT2D eigenvalue weighted by molar-refractivity contribution is -0.126. The molecule has 0 fully saturated rings. The molecule has 0 bridgehead atoms. The molecule has 8 heteroatoms. The third kappa shape index (κ3) is 3.55. The molecule has 2 aromatic carbocycles. The summed E-state index contributed by atoms with van der Waals surface area (Å²) < 4.78 is 39.5. The van der Waals surface area contributed by atoms with E-state index in [0.29, 0.717) is 9.99 Å². The molecule has 0 unspecified atom stereocenters. The minimum absolute atomic E-state index is 0.00820. The van der Waals surface area contributed by atoms with E-state index < -0.39 is 34.2 Å². The summed E-state index contributed by atoms with van der Waals surface area (Å²) >= 11 is 0. The van der Waals surface area contributed by atoms with Crippen molar-refractivity contribution >= 4 is 32.4 Å². The van der Waals surface area contributed by atoms with Crippen molar-refractivity contribution in [3.05, 3.63) is 70.5 Å². The van der Waals surface area contributed by atoms with Crippen LogP contribution in [0.4, 0.5) is 10.1 Å². The van der Waals surface area contributed by atoms with Crippen molar-refractivity contribution in [2.75, 3.05) is 11.9 Å². The van der Waals surface area contributed by atoms with E-state index >= 15 is 0 Å². The van der Waals surface area contributed by atoms with Crippen molar-refractivity contribution in [2.45, 2.75) is 20.8 Å². The third-order valence-electron chi connectivity index (χ3n) is 4.50. The van der Waals surface area contributed by atoms with E-state index in [1.165, 1.54) is 19.1 Å². The summed E-state index contributed by atoms with van der Waals surface area (Å²) in [6, 6.07) is 10.3. The molecule has 146 valence electrons. The molecule has 1 heterocycles. The molecule has 2 amide bonds. The van der Waals surface area contributed by atoms with E-state index in [1.807, 2.05) is 26.0 Å². The molecule has 2 aromatic rings. The zero-order chi connectivity index (χ0) is 20.6. The van der Waals surface area contributed by atoms with E-state index in [9.17, 15) is 22.4 Å². The highest BCUT2D eigenvalue weighted by Crippen LogP contribution is 2.35. The SMILES string of the molecule is CC1=C(c2ccc(F)cc2)S(=O)(=O)N(CC(=O)Nc2cc(C)ccc2C)C1=O. The Morgan fingerprint density at radius 2 is 1.71 bits per heavy atom. The minimum atomic E-state index is -4.22. The van der Waals surface area contributed by atoms with Gasteiger partial charge in [-0.05, 0) is 55.7 Å². The third-order valence-corrected chi connectivity index (χ3v) is 6.43. The number of carbonyl (C=O) groups is 2. The smallest absolute Gasteiger partial charge is 0.268 e. The summed E-state index contributed by atoms with van der Waals surface area (Å²) in [5.41, 5.74) is 2.49. The highest BCUT2D eigenvalue weighted by atomic mass is 32.2. The van der Waals surface area contributed by atoms with Crippen LogP contribution < -0.4 is 5.32 Å². The Morgan fingerprint density at radius 3 is 2.36 bits per heavy atom. The fourth-order valence-corrected chi connectivity index (χ4v) is 4.78. The van der Waals surface area contributed by atoms with Crippen LogP contribution in [-0.2, 0) is 19.6 Å². The highest BCUT2D eigenvalue weighted by Gasteiger charge is 2.43. The van der Waals surface area contributed by atoms with Crippen LogP contribution in [0.25, 0.3) is 4.91 Å². The van der Waals surface area contributed by atoms with Crippen molar-refractivity contribution in [1.82, 2.24) is 4.31 Å². The number of nitrogens with zero attached hydrogens (tertiary/aromatic N) is 1. The molecule has 6 nitrogen and oxygen atoms in total. The van der Waals surface area contributed by atoms with Gasteiger partial charge in [-0.1, -0.05) is 24.3 Å². The molecule has 0 atom stereocenters. The molecule has 1 aliphatic rings. The van der Waals surface area contributed by atoms with Gasteiger partial charge in [0.1, 0.15) is 17.3 Å². The standard InChI is InChI=1S/C20H19FN2O4S/c1-12-4-5-13(2)17(10-12)22-18(24)11-23-20(25)14(3)19(28(23,26)27)15-6-8-16(21)9-7-15/h4-10H,11H2,1-3H3,(H,22,24). The van der Waals surface area contributed by atoms with Crippen molar-refractivity contribution in [1.29, 1.82) is 0 Å². The Kier molecular flexibility index (Phi) is 5.08. The van der Waals surface area contributed by atoms with Crippen molar-refractivity contribution in [2.24, 2.45) is 0 Å². The number of benzene rings is 2. The molecule has 28 heavy (non-hydrogen) atoms. The van der Waals surface area contributed by atoms with Crippen molar-refractivity contribution in [3.8, 4) is 0 Å². The number of amides is 2. The molecule has 3 rings (SSSR count). The number of carbonyl (C=O) groups excluding carboxylic acids is 2. The summed E-state index contributed by atoms with van der Waals surface area (Å²) in [5, 5.41) is 2.65. The molecule has 0 aromatic heterocycles. The first-order valence-electron chi connectivity index (χ1n) is 8.52. The largest absolute Gasteiger partial charge is 0.324 e. The topological polar surface area (TPSA) is 83.6 Å². The molecule has 1 N–H and O–H groups in total.